The van der Waals surface area contributed by atoms with E-state index in [1.807, 2.05) is 13.8 Å². The molecule has 5 nitrogen and oxygen atoms in total. The highest BCUT2D eigenvalue weighted by Gasteiger charge is 2.18. The van der Waals surface area contributed by atoms with Gasteiger partial charge in [-0.15, -0.1) is 0 Å². The van der Waals surface area contributed by atoms with Crippen molar-refractivity contribution >= 4 is 17.3 Å². The minimum Gasteiger partial charge on any atom is -0.399 e. The summed E-state index contributed by atoms with van der Waals surface area (Å²) in [7, 11) is 1.60. The van der Waals surface area contributed by atoms with Crippen LogP contribution in [0.15, 0.2) is 18.2 Å². The number of nitrogens with one attached hydrogen (secondary N) is 1. The normalized spacial score (nSPS) is 11.2. The van der Waals surface area contributed by atoms with Crippen LogP contribution in [-0.4, -0.2) is 25.2 Å². The molecule has 0 aliphatic carbocycles. The molecule has 0 atom stereocenters. The smallest absolute Gasteiger partial charge is 0.251 e. The second-order valence-corrected chi connectivity index (χ2v) is 4.53. The molecule has 0 fully saturated rings. The number of rotatable bonds is 4. The van der Waals surface area contributed by atoms with Gasteiger partial charge in [0, 0.05) is 30.6 Å². The van der Waals surface area contributed by atoms with Crippen LogP contribution < -0.4 is 16.8 Å². The van der Waals surface area contributed by atoms with E-state index in [9.17, 15) is 4.79 Å². The molecule has 0 bridgehead atoms. The summed E-state index contributed by atoms with van der Waals surface area (Å²) in [5.41, 5.74) is 12.2. The molecule has 1 rings (SSSR count). The SMILES string of the molecule is COC(C)(C)CNC(=O)c1cc(N)cc(N)c1. The Kier molecular flexibility index (Phi) is 3.96. The molecule has 1 aromatic carbocycles. The zero-order chi connectivity index (χ0) is 13.1. The molecule has 0 aromatic heterocycles. The molecule has 0 unspecified atom stereocenters. The second-order valence-electron chi connectivity index (χ2n) is 4.53. The van der Waals surface area contributed by atoms with Crippen molar-refractivity contribution in [2.45, 2.75) is 19.4 Å². The first-order chi connectivity index (χ1) is 7.84. The number of carbonyl (C=O) groups is 1. The maximum Gasteiger partial charge on any atom is 0.251 e. The number of anilines is 2. The summed E-state index contributed by atoms with van der Waals surface area (Å²) in [4.78, 5) is 11.8. The van der Waals surface area contributed by atoms with Crippen LogP contribution in [-0.2, 0) is 4.74 Å². The number of ether oxygens (including phenoxy) is 1. The monoisotopic (exact) mass is 237 g/mol. The van der Waals surface area contributed by atoms with Crippen molar-refractivity contribution in [3.8, 4) is 0 Å². The highest BCUT2D eigenvalue weighted by atomic mass is 16.5. The summed E-state index contributed by atoms with van der Waals surface area (Å²) in [6, 6.07) is 4.78. The third kappa shape index (κ3) is 3.96. The van der Waals surface area contributed by atoms with Crippen LogP contribution in [0.4, 0.5) is 11.4 Å². The van der Waals surface area contributed by atoms with Gasteiger partial charge in [-0.05, 0) is 32.0 Å². The quantitative estimate of drug-likeness (QED) is 0.681. The molecule has 5 N–H and O–H groups in total. The minimum absolute atomic E-state index is 0.214. The van der Waals surface area contributed by atoms with E-state index < -0.39 is 5.60 Å². The summed E-state index contributed by atoms with van der Waals surface area (Å²) in [5, 5.41) is 2.77. The van der Waals surface area contributed by atoms with E-state index in [1.165, 1.54) is 0 Å². The molecule has 0 spiro atoms. The Morgan fingerprint density at radius 2 is 1.82 bits per heavy atom. The van der Waals surface area contributed by atoms with Crippen molar-refractivity contribution in [1.82, 2.24) is 5.32 Å². The molecule has 5 heteroatoms. The van der Waals surface area contributed by atoms with Gasteiger partial charge in [-0.1, -0.05) is 0 Å². The van der Waals surface area contributed by atoms with E-state index >= 15 is 0 Å². The summed E-state index contributed by atoms with van der Waals surface area (Å²) in [6.45, 7) is 4.19. The van der Waals surface area contributed by atoms with Crippen LogP contribution in [0.25, 0.3) is 0 Å². The summed E-state index contributed by atoms with van der Waals surface area (Å²) < 4.78 is 5.21. The standard InChI is InChI=1S/C12H19N3O2/c1-12(2,17-3)7-15-11(16)8-4-9(13)6-10(14)5-8/h4-6H,7,13-14H2,1-3H3,(H,15,16). The van der Waals surface area contributed by atoms with Crippen molar-refractivity contribution in [2.24, 2.45) is 0 Å². The average molecular weight is 237 g/mol. The van der Waals surface area contributed by atoms with E-state index in [4.69, 9.17) is 16.2 Å². The molecule has 0 heterocycles. The highest BCUT2D eigenvalue weighted by molar-refractivity contribution is 5.96. The lowest BCUT2D eigenvalue weighted by atomic mass is 10.1. The Bertz CT molecular complexity index is 396. The van der Waals surface area contributed by atoms with E-state index in [2.05, 4.69) is 5.32 Å². The van der Waals surface area contributed by atoms with Crippen LogP contribution in [0.5, 0.6) is 0 Å². The number of nitrogen functional groups attached to an aromatic ring is 2. The minimum atomic E-state index is -0.401. The van der Waals surface area contributed by atoms with Gasteiger partial charge < -0.3 is 21.5 Å². The fourth-order valence-electron chi connectivity index (χ4n) is 1.28. The predicted octanol–water partition coefficient (Wildman–Crippen LogP) is 1.01. The lowest BCUT2D eigenvalue weighted by Gasteiger charge is -2.23. The van der Waals surface area contributed by atoms with Gasteiger partial charge in [0.2, 0.25) is 0 Å². The van der Waals surface area contributed by atoms with Gasteiger partial charge >= 0.3 is 0 Å². The number of hydrogen-bond acceptors (Lipinski definition) is 4. The average Bonchev–Trinajstić information content (AvgIpc) is 2.24. The lowest BCUT2D eigenvalue weighted by Crippen LogP contribution is -2.39. The Hall–Kier alpha value is -1.75. The highest BCUT2D eigenvalue weighted by Crippen LogP contribution is 2.14. The molecular formula is C12H19N3O2. The van der Waals surface area contributed by atoms with E-state index in [-0.39, 0.29) is 5.91 Å². The topological polar surface area (TPSA) is 90.4 Å². The van der Waals surface area contributed by atoms with E-state index in [0.717, 1.165) is 0 Å². The Morgan fingerprint density at radius 1 is 1.29 bits per heavy atom. The number of benzene rings is 1. The number of hydrogen-bond donors (Lipinski definition) is 3. The Morgan fingerprint density at radius 3 is 2.29 bits per heavy atom. The van der Waals surface area contributed by atoms with Gasteiger partial charge in [0.15, 0.2) is 0 Å². The predicted molar refractivity (Wildman–Crippen MR) is 68.7 cm³/mol. The number of methoxy groups -OCH3 is 1. The third-order valence-electron chi connectivity index (χ3n) is 2.47. The molecular weight excluding hydrogens is 218 g/mol. The van der Waals surface area contributed by atoms with Crippen LogP contribution in [0.3, 0.4) is 0 Å². The van der Waals surface area contributed by atoms with Gasteiger partial charge in [-0.25, -0.2) is 0 Å². The molecule has 0 saturated heterocycles. The van der Waals surface area contributed by atoms with Crippen molar-refractivity contribution in [2.75, 3.05) is 25.1 Å². The number of carbonyl (C=O) groups excluding carboxylic acids is 1. The number of nitrogens with two attached hydrogens (primary N) is 2. The Labute approximate surface area is 101 Å². The van der Waals surface area contributed by atoms with Gasteiger partial charge in [0.1, 0.15) is 0 Å². The lowest BCUT2D eigenvalue weighted by molar-refractivity contribution is 0.0229. The molecule has 1 amide bonds. The van der Waals surface area contributed by atoms with E-state index in [0.29, 0.717) is 23.5 Å². The first kappa shape index (κ1) is 13.3. The largest absolute Gasteiger partial charge is 0.399 e. The third-order valence-corrected chi connectivity index (χ3v) is 2.47. The van der Waals surface area contributed by atoms with Gasteiger partial charge in [0.05, 0.1) is 5.60 Å². The van der Waals surface area contributed by atoms with Crippen LogP contribution in [0.2, 0.25) is 0 Å². The second kappa shape index (κ2) is 5.05. The van der Waals surface area contributed by atoms with Gasteiger partial charge in [0.25, 0.3) is 5.91 Å². The van der Waals surface area contributed by atoms with Gasteiger partial charge in [-0.3, -0.25) is 4.79 Å². The fourth-order valence-corrected chi connectivity index (χ4v) is 1.28. The molecule has 0 saturated carbocycles. The van der Waals surface area contributed by atoms with Crippen molar-refractivity contribution < 1.29 is 9.53 Å². The fraction of sp³-hybridized carbons (Fsp3) is 0.417. The van der Waals surface area contributed by atoms with Crippen LogP contribution in [0.1, 0.15) is 24.2 Å². The first-order valence-corrected chi connectivity index (χ1v) is 5.33. The van der Waals surface area contributed by atoms with Crippen LogP contribution >= 0.6 is 0 Å². The summed E-state index contributed by atoms with van der Waals surface area (Å²) >= 11 is 0. The molecule has 0 aliphatic heterocycles. The zero-order valence-electron chi connectivity index (χ0n) is 10.4. The summed E-state index contributed by atoms with van der Waals surface area (Å²) in [6.07, 6.45) is 0. The van der Waals surface area contributed by atoms with Crippen molar-refractivity contribution in [3.63, 3.8) is 0 Å². The van der Waals surface area contributed by atoms with Crippen molar-refractivity contribution in [1.29, 1.82) is 0 Å². The molecule has 0 aliphatic rings. The first-order valence-electron chi connectivity index (χ1n) is 5.33. The molecule has 17 heavy (non-hydrogen) atoms. The molecule has 0 radical (unpaired) electrons. The maximum absolute atomic E-state index is 11.8. The van der Waals surface area contributed by atoms with E-state index in [1.54, 1.807) is 25.3 Å². The number of amides is 1. The Balaban J connectivity index is 2.70. The van der Waals surface area contributed by atoms with Crippen LogP contribution in [0, 0.1) is 0 Å². The molecule has 1 aromatic rings. The summed E-state index contributed by atoms with van der Waals surface area (Å²) in [5.74, 6) is -0.214. The van der Waals surface area contributed by atoms with Crippen molar-refractivity contribution in [3.05, 3.63) is 23.8 Å². The maximum atomic E-state index is 11.8. The molecule has 94 valence electrons. The van der Waals surface area contributed by atoms with Gasteiger partial charge in [-0.2, -0.15) is 0 Å². The zero-order valence-corrected chi connectivity index (χ0v) is 10.4.